The molecule has 174 valence electrons. The number of hydrogen-bond acceptors (Lipinski definition) is 4. The Labute approximate surface area is 208 Å². The molecule has 0 aromatic heterocycles. The Morgan fingerprint density at radius 1 is 1.19 bits per heavy atom. The molecule has 1 aliphatic rings. The van der Waals surface area contributed by atoms with Crippen LogP contribution in [-0.4, -0.2) is 45.2 Å². The average Bonchev–Trinajstić information content (AvgIpc) is 3.26. The number of nitrogens with one attached hydrogen (secondary N) is 3. The first-order valence-electron chi connectivity index (χ1n) is 10.9. The normalized spacial score (nSPS) is 15.7. The molecule has 0 aliphatic carbocycles. The first kappa shape index (κ1) is 25.8. The number of aliphatic imine (C=N–C) groups is 1. The average molecular weight is 551 g/mol. The van der Waals surface area contributed by atoms with Crippen LogP contribution in [0.25, 0.3) is 0 Å². The maximum atomic E-state index is 11.7. The van der Waals surface area contributed by atoms with Gasteiger partial charge < -0.3 is 25.6 Å². The highest BCUT2D eigenvalue weighted by atomic mass is 127. The van der Waals surface area contributed by atoms with Crippen LogP contribution in [0.1, 0.15) is 31.7 Å². The zero-order valence-corrected chi connectivity index (χ0v) is 21.4. The highest BCUT2D eigenvalue weighted by Gasteiger charge is 2.25. The van der Waals surface area contributed by atoms with E-state index >= 15 is 0 Å². The number of amides is 1. The first-order valence-corrected chi connectivity index (χ1v) is 10.9. The third-order valence-electron chi connectivity index (χ3n) is 5.35. The second-order valence-electron chi connectivity index (χ2n) is 7.67. The van der Waals surface area contributed by atoms with Crippen LogP contribution in [0, 0.1) is 0 Å². The summed E-state index contributed by atoms with van der Waals surface area (Å²) >= 11 is 0. The summed E-state index contributed by atoms with van der Waals surface area (Å²) in [5, 5.41) is 9.81. The second-order valence-corrected chi connectivity index (χ2v) is 7.67. The number of rotatable bonds is 8. The van der Waals surface area contributed by atoms with Gasteiger partial charge in [-0.1, -0.05) is 31.2 Å². The lowest BCUT2D eigenvalue weighted by Gasteiger charge is -2.22. The highest BCUT2D eigenvalue weighted by molar-refractivity contribution is 14.0. The van der Waals surface area contributed by atoms with Crippen LogP contribution in [0.15, 0.2) is 53.5 Å². The van der Waals surface area contributed by atoms with Gasteiger partial charge in [0.05, 0.1) is 12.8 Å². The largest absolute Gasteiger partial charge is 0.495 e. The Hall–Kier alpha value is -2.49. The van der Waals surface area contributed by atoms with E-state index in [1.165, 1.54) is 0 Å². The van der Waals surface area contributed by atoms with Gasteiger partial charge in [0.1, 0.15) is 5.75 Å². The molecule has 1 unspecified atom stereocenters. The fourth-order valence-electron chi connectivity index (χ4n) is 3.72. The lowest BCUT2D eigenvalue weighted by molar-refractivity contribution is -0.116. The van der Waals surface area contributed by atoms with Gasteiger partial charge in [-0.15, -0.1) is 24.0 Å². The van der Waals surface area contributed by atoms with Crippen molar-refractivity contribution >= 4 is 47.2 Å². The zero-order chi connectivity index (χ0) is 22.1. The molecule has 0 saturated carbocycles. The summed E-state index contributed by atoms with van der Waals surface area (Å²) in [5.74, 6) is 1.74. The number of para-hydroxylation sites is 2. The van der Waals surface area contributed by atoms with E-state index in [9.17, 15) is 4.79 Å². The Bertz CT molecular complexity index is 888. The Balaban J connectivity index is 0.00000363. The quantitative estimate of drug-likeness (QED) is 0.263. The number of benzene rings is 2. The first-order chi connectivity index (χ1) is 15.1. The van der Waals surface area contributed by atoms with Gasteiger partial charge in [0, 0.05) is 44.8 Å². The van der Waals surface area contributed by atoms with Gasteiger partial charge in [-0.3, -0.25) is 9.79 Å². The fourth-order valence-corrected chi connectivity index (χ4v) is 3.72. The van der Waals surface area contributed by atoms with Crippen LogP contribution in [0.2, 0.25) is 0 Å². The van der Waals surface area contributed by atoms with Crippen LogP contribution >= 0.6 is 24.0 Å². The van der Waals surface area contributed by atoms with Crippen molar-refractivity contribution in [3.63, 3.8) is 0 Å². The van der Waals surface area contributed by atoms with Gasteiger partial charge in [-0.25, -0.2) is 0 Å². The SMILES string of the molecule is CCCC(=O)Nc1ccc(CNC(=NC)NC2CCN(c3ccccc3OC)C2)cc1.I. The molecule has 32 heavy (non-hydrogen) atoms. The minimum absolute atomic E-state index is 0. The molecule has 2 aromatic carbocycles. The van der Waals surface area contributed by atoms with Crippen molar-refractivity contribution < 1.29 is 9.53 Å². The standard InChI is InChI=1S/C24H33N5O2.HI/c1-4-7-23(30)27-19-12-10-18(11-13-19)16-26-24(25-2)28-20-14-15-29(17-20)21-8-5-6-9-22(21)31-3;/h5-6,8-13,20H,4,7,14-17H2,1-3H3,(H,27,30)(H2,25,26,28);1H. The fraction of sp³-hybridized carbons (Fsp3) is 0.417. The molecule has 1 fully saturated rings. The van der Waals surface area contributed by atoms with Gasteiger partial charge in [0.2, 0.25) is 5.91 Å². The molecule has 7 nitrogen and oxygen atoms in total. The summed E-state index contributed by atoms with van der Waals surface area (Å²) < 4.78 is 5.50. The summed E-state index contributed by atoms with van der Waals surface area (Å²) in [7, 11) is 3.50. The van der Waals surface area contributed by atoms with E-state index in [1.807, 2.05) is 49.4 Å². The van der Waals surface area contributed by atoms with Gasteiger partial charge in [0.25, 0.3) is 0 Å². The predicted molar refractivity (Wildman–Crippen MR) is 142 cm³/mol. The highest BCUT2D eigenvalue weighted by Crippen LogP contribution is 2.30. The van der Waals surface area contributed by atoms with Crippen LogP contribution in [0.4, 0.5) is 11.4 Å². The third kappa shape index (κ3) is 7.29. The van der Waals surface area contributed by atoms with Crippen molar-refractivity contribution in [2.45, 2.75) is 38.8 Å². The van der Waals surface area contributed by atoms with Gasteiger partial charge in [-0.2, -0.15) is 0 Å². The topological polar surface area (TPSA) is 78.0 Å². The number of guanidine groups is 1. The molecule has 3 rings (SSSR count). The second kappa shape index (κ2) is 13.1. The van der Waals surface area contributed by atoms with E-state index in [-0.39, 0.29) is 29.9 Å². The predicted octanol–water partition coefficient (Wildman–Crippen LogP) is 4.00. The smallest absolute Gasteiger partial charge is 0.224 e. The molecule has 0 spiro atoms. The number of methoxy groups -OCH3 is 1. The Morgan fingerprint density at radius 2 is 1.94 bits per heavy atom. The Kier molecular flexibility index (Phi) is 10.6. The number of hydrogen-bond donors (Lipinski definition) is 3. The van der Waals surface area contributed by atoms with E-state index in [0.29, 0.717) is 19.0 Å². The molecule has 1 aliphatic heterocycles. The maximum Gasteiger partial charge on any atom is 0.224 e. The molecule has 0 radical (unpaired) electrons. The van der Waals surface area contributed by atoms with Crippen molar-refractivity contribution in [3.8, 4) is 5.75 Å². The number of nitrogens with zero attached hydrogens (tertiary/aromatic N) is 2. The number of halogens is 1. The van der Waals surface area contributed by atoms with Crippen LogP contribution in [0.3, 0.4) is 0 Å². The number of anilines is 2. The van der Waals surface area contributed by atoms with Crippen molar-refractivity contribution in [1.29, 1.82) is 0 Å². The summed E-state index contributed by atoms with van der Waals surface area (Å²) in [4.78, 5) is 18.4. The van der Waals surface area contributed by atoms with Gasteiger partial charge in [-0.05, 0) is 42.7 Å². The monoisotopic (exact) mass is 551 g/mol. The van der Waals surface area contributed by atoms with E-state index in [1.54, 1.807) is 14.2 Å². The lowest BCUT2D eigenvalue weighted by Crippen LogP contribution is -2.44. The van der Waals surface area contributed by atoms with Crippen molar-refractivity contribution in [1.82, 2.24) is 10.6 Å². The number of carbonyl (C=O) groups is 1. The zero-order valence-electron chi connectivity index (χ0n) is 19.1. The van der Waals surface area contributed by atoms with E-state index in [4.69, 9.17) is 4.74 Å². The Morgan fingerprint density at radius 3 is 2.62 bits per heavy atom. The molecule has 0 bridgehead atoms. The molecule has 8 heteroatoms. The third-order valence-corrected chi connectivity index (χ3v) is 5.35. The summed E-state index contributed by atoms with van der Waals surface area (Å²) in [5.41, 5.74) is 3.08. The summed E-state index contributed by atoms with van der Waals surface area (Å²) in [6, 6.07) is 16.3. The molecule has 1 saturated heterocycles. The minimum Gasteiger partial charge on any atom is -0.495 e. The molecule has 1 atom stereocenters. The van der Waals surface area contributed by atoms with Crippen molar-refractivity contribution in [2.24, 2.45) is 4.99 Å². The molecule has 1 amide bonds. The van der Waals surface area contributed by atoms with Crippen molar-refractivity contribution in [2.75, 3.05) is 37.5 Å². The van der Waals surface area contributed by atoms with Gasteiger partial charge in [0.15, 0.2) is 5.96 Å². The van der Waals surface area contributed by atoms with Crippen LogP contribution in [0.5, 0.6) is 5.75 Å². The molecular formula is C24H34IN5O2. The number of carbonyl (C=O) groups excluding carboxylic acids is 1. The lowest BCUT2D eigenvalue weighted by atomic mass is 10.2. The van der Waals surface area contributed by atoms with Crippen molar-refractivity contribution in [3.05, 3.63) is 54.1 Å². The molecular weight excluding hydrogens is 517 g/mol. The molecule has 3 N–H and O–H groups in total. The van der Waals surface area contributed by atoms with Crippen LogP contribution in [-0.2, 0) is 11.3 Å². The van der Waals surface area contributed by atoms with E-state index in [0.717, 1.165) is 54.6 Å². The van der Waals surface area contributed by atoms with E-state index < -0.39 is 0 Å². The minimum atomic E-state index is 0. The van der Waals surface area contributed by atoms with Gasteiger partial charge >= 0.3 is 0 Å². The molecule has 2 aromatic rings. The molecule has 1 heterocycles. The summed E-state index contributed by atoms with van der Waals surface area (Å²) in [6.45, 7) is 4.52. The van der Waals surface area contributed by atoms with E-state index in [2.05, 4.69) is 31.9 Å². The van der Waals surface area contributed by atoms with Crippen LogP contribution < -0.4 is 25.6 Å². The number of ether oxygens (including phenoxy) is 1. The maximum absolute atomic E-state index is 11.7. The summed E-state index contributed by atoms with van der Waals surface area (Å²) in [6.07, 6.45) is 2.42.